The van der Waals surface area contributed by atoms with Gasteiger partial charge in [-0.1, -0.05) is 0 Å². The summed E-state index contributed by atoms with van der Waals surface area (Å²) in [5.74, 6) is 0.570. The second kappa shape index (κ2) is 6.72. The first kappa shape index (κ1) is 16.2. The van der Waals surface area contributed by atoms with Gasteiger partial charge in [0.25, 0.3) is 0 Å². The Morgan fingerprint density at radius 1 is 1.43 bits per heavy atom. The Hall–Kier alpha value is -1.18. The number of anilines is 1. The smallest absolute Gasteiger partial charge is 0.240 e. The summed E-state index contributed by atoms with van der Waals surface area (Å²) in [6.07, 6.45) is 4.51. The highest BCUT2D eigenvalue weighted by Crippen LogP contribution is 2.48. The highest BCUT2D eigenvalue weighted by atomic mass is 32.2. The van der Waals surface area contributed by atoms with Crippen LogP contribution in [0.1, 0.15) is 26.2 Å². The Labute approximate surface area is 126 Å². The van der Waals surface area contributed by atoms with E-state index in [1.165, 1.54) is 12.3 Å². The fourth-order valence-corrected chi connectivity index (χ4v) is 3.37. The maximum absolute atomic E-state index is 12.3. The van der Waals surface area contributed by atoms with Gasteiger partial charge in [-0.3, -0.25) is 0 Å². The Bertz CT molecular complexity index is 571. The van der Waals surface area contributed by atoms with Crippen molar-refractivity contribution in [1.82, 2.24) is 9.71 Å². The van der Waals surface area contributed by atoms with Crippen LogP contribution in [0.2, 0.25) is 0 Å². The lowest BCUT2D eigenvalue weighted by atomic mass is 10.0. The minimum Gasteiger partial charge on any atom is -0.385 e. The summed E-state index contributed by atoms with van der Waals surface area (Å²) >= 11 is 0. The minimum absolute atomic E-state index is 0.0839. The fourth-order valence-electron chi connectivity index (χ4n) is 2.20. The molecule has 0 saturated heterocycles. The second-order valence-electron chi connectivity index (χ2n) is 5.47. The molecule has 0 spiro atoms. The molecule has 7 heteroatoms. The van der Waals surface area contributed by atoms with E-state index in [-0.39, 0.29) is 10.3 Å². The van der Waals surface area contributed by atoms with Crippen LogP contribution in [0.15, 0.2) is 23.2 Å². The number of hydrogen-bond acceptors (Lipinski definition) is 5. The molecule has 1 aliphatic rings. The molecule has 0 unspecified atom stereocenters. The van der Waals surface area contributed by atoms with Crippen LogP contribution in [0, 0.1) is 5.41 Å². The summed E-state index contributed by atoms with van der Waals surface area (Å²) in [5, 5.41) is 3.01. The van der Waals surface area contributed by atoms with Crippen molar-refractivity contribution in [3.05, 3.63) is 18.3 Å². The molecule has 118 valence electrons. The maximum Gasteiger partial charge on any atom is 0.240 e. The first-order valence-electron chi connectivity index (χ1n) is 7.20. The van der Waals surface area contributed by atoms with Gasteiger partial charge in [0.2, 0.25) is 10.0 Å². The van der Waals surface area contributed by atoms with Crippen LogP contribution in [0.5, 0.6) is 0 Å². The van der Waals surface area contributed by atoms with E-state index in [0.29, 0.717) is 25.5 Å². The third-order valence-electron chi connectivity index (χ3n) is 3.83. The standard InChI is InChI=1S/C14H23N3O3S/c1-3-15-13-10-12(4-8-16-13)21(18,19)17-11-14(5-6-14)7-9-20-2/h4,8,10,17H,3,5-7,9,11H2,1-2H3,(H,15,16). The van der Waals surface area contributed by atoms with Crippen LogP contribution in [0.3, 0.4) is 0 Å². The molecule has 1 aromatic heterocycles. The van der Waals surface area contributed by atoms with Gasteiger partial charge in [-0.05, 0) is 37.7 Å². The summed E-state index contributed by atoms with van der Waals surface area (Å²) in [6.45, 7) is 3.77. The van der Waals surface area contributed by atoms with Crippen molar-refractivity contribution in [3.63, 3.8) is 0 Å². The van der Waals surface area contributed by atoms with Crippen molar-refractivity contribution in [2.24, 2.45) is 5.41 Å². The average molecular weight is 313 g/mol. The Morgan fingerprint density at radius 2 is 2.19 bits per heavy atom. The van der Waals surface area contributed by atoms with Gasteiger partial charge in [0.05, 0.1) is 4.90 Å². The Balaban J connectivity index is 2.00. The summed E-state index contributed by atoms with van der Waals surface area (Å²) in [5.41, 5.74) is 0.0839. The van der Waals surface area contributed by atoms with Crippen LogP contribution >= 0.6 is 0 Å². The lowest BCUT2D eigenvalue weighted by Gasteiger charge is -2.16. The monoisotopic (exact) mass is 313 g/mol. The predicted octanol–water partition coefficient (Wildman–Crippen LogP) is 1.61. The predicted molar refractivity (Wildman–Crippen MR) is 81.7 cm³/mol. The zero-order valence-electron chi connectivity index (χ0n) is 12.6. The molecule has 1 aliphatic carbocycles. The molecule has 6 nitrogen and oxygen atoms in total. The van der Waals surface area contributed by atoms with E-state index >= 15 is 0 Å². The summed E-state index contributed by atoms with van der Waals surface area (Å²) < 4.78 is 32.5. The third kappa shape index (κ3) is 4.39. The minimum atomic E-state index is -3.49. The van der Waals surface area contributed by atoms with Crippen molar-refractivity contribution in [3.8, 4) is 0 Å². The zero-order chi connectivity index (χ0) is 15.3. The van der Waals surface area contributed by atoms with Crippen molar-refractivity contribution in [2.45, 2.75) is 31.1 Å². The molecule has 2 N–H and O–H groups in total. The zero-order valence-corrected chi connectivity index (χ0v) is 13.4. The quantitative estimate of drug-likeness (QED) is 0.724. The van der Waals surface area contributed by atoms with Gasteiger partial charge in [-0.15, -0.1) is 0 Å². The maximum atomic E-state index is 12.3. The first-order chi connectivity index (χ1) is 10.0. The number of nitrogens with one attached hydrogen (secondary N) is 2. The van der Waals surface area contributed by atoms with Crippen LogP contribution in [-0.2, 0) is 14.8 Å². The summed E-state index contributed by atoms with van der Waals surface area (Å²) in [7, 11) is -1.82. The molecule has 0 radical (unpaired) electrons. The third-order valence-corrected chi connectivity index (χ3v) is 5.23. The molecule has 0 amide bonds. The molecule has 0 aliphatic heterocycles. The van der Waals surface area contributed by atoms with Crippen molar-refractivity contribution in [1.29, 1.82) is 0 Å². The lowest BCUT2D eigenvalue weighted by Crippen LogP contribution is -2.31. The molecular formula is C14H23N3O3S. The van der Waals surface area contributed by atoms with E-state index in [1.807, 2.05) is 6.92 Å². The Morgan fingerprint density at radius 3 is 2.81 bits per heavy atom. The van der Waals surface area contributed by atoms with Crippen LogP contribution in [-0.4, -0.2) is 40.2 Å². The topological polar surface area (TPSA) is 80.3 Å². The first-order valence-corrected chi connectivity index (χ1v) is 8.68. The lowest BCUT2D eigenvalue weighted by molar-refractivity contribution is 0.173. The summed E-state index contributed by atoms with van der Waals surface area (Å²) in [4.78, 5) is 4.33. The number of rotatable bonds is 9. The fraction of sp³-hybridized carbons (Fsp3) is 0.643. The van der Waals surface area contributed by atoms with E-state index in [1.54, 1.807) is 13.2 Å². The second-order valence-corrected chi connectivity index (χ2v) is 7.24. The van der Waals surface area contributed by atoms with E-state index < -0.39 is 10.0 Å². The number of ether oxygens (including phenoxy) is 1. The van der Waals surface area contributed by atoms with Gasteiger partial charge in [0, 0.05) is 39.1 Å². The molecule has 0 aromatic carbocycles. The van der Waals surface area contributed by atoms with E-state index in [4.69, 9.17) is 4.74 Å². The van der Waals surface area contributed by atoms with E-state index in [9.17, 15) is 8.42 Å². The van der Waals surface area contributed by atoms with E-state index in [2.05, 4.69) is 15.0 Å². The molecule has 2 rings (SSSR count). The molecule has 0 bridgehead atoms. The average Bonchev–Trinajstić information content (AvgIpc) is 3.25. The number of pyridine rings is 1. The number of sulfonamides is 1. The normalized spacial score (nSPS) is 16.7. The van der Waals surface area contributed by atoms with Crippen LogP contribution in [0.4, 0.5) is 5.82 Å². The SMILES string of the molecule is CCNc1cc(S(=O)(=O)NCC2(CCOC)CC2)ccn1. The van der Waals surface area contributed by atoms with Crippen LogP contribution < -0.4 is 10.0 Å². The number of nitrogens with zero attached hydrogens (tertiary/aromatic N) is 1. The molecule has 1 aromatic rings. The number of aromatic nitrogens is 1. The number of methoxy groups -OCH3 is 1. The number of hydrogen-bond donors (Lipinski definition) is 2. The van der Waals surface area contributed by atoms with Crippen molar-refractivity contribution >= 4 is 15.8 Å². The van der Waals surface area contributed by atoms with Gasteiger partial charge in [0.1, 0.15) is 5.82 Å². The summed E-state index contributed by atoms with van der Waals surface area (Å²) in [6, 6.07) is 3.07. The van der Waals surface area contributed by atoms with Gasteiger partial charge in [-0.2, -0.15) is 0 Å². The van der Waals surface area contributed by atoms with Crippen LogP contribution in [0.25, 0.3) is 0 Å². The largest absolute Gasteiger partial charge is 0.385 e. The van der Waals surface area contributed by atoms with Crippen molar-refractivity contribution < 1.29 is 13.2 Å². The van der Waals surface area contributed by atoms with Gasteiger partial charge in [0.15, 0.2) is 0 Å². The van der Waals surface area contributed by atoms with Gasteiger partial charge in [-0.25, -0.2) is 18.1 Å². The molecule has 21 heavy (non-hydrogen) atoms. The highest BCUT2D eigenvalue weighted by molar-refractivity contribution is 7.89. The van der Waals surface area contributed by atoms with E-state index in [0.717, 1.165) is 19.3 Å². The Kier molecular flexibility index (Phi) is 5.18. The molecule has 1 saturated carbocycles. The molecule has 1 heterocycles. The molecular weight excluding hydrogens is 290 g/mol. The van der Waals surface area contributed by atoms with Gasteiger partial charge < -0.3 is 10.1 Å². The molecule has 0 atom stereocenters. The highest BCUT2D eigenvalue weighted by Gasteiger charge is 2.42. The van der Waals surface area contributed by atoms with Crippen molar-refractivity contribution in [2.75, 3.05) is 32.1 Å². The molecule has 1 fully saturated rings. The van der Waals surface area contributed by atoms with Gasteiger partial charge >= 0.3 is 0 Å².